The SMILES string of the molecule is C=CCN(C(=O)C(CS)NC(=O)OC(C)(C)C)C(C(=O)NC(C)(C)C)c1ccc(O)c(C)c1. The second kappa shape index (κ2) is 11.4. The van der Waals surface area contributed by atoms with Crippen molar-refractivity contribution in [3.05, 3.63) is 42.0 Å². The molecule has 0 saturated carbocycles. The summed E-state index contributed by atoms with van der Waals surface area (Å²) in [5.41, 5.74) is -0.225. The molecule has 0 saturated heterocycles. The smallest absolute Gasteiger partial charge is 0.408 e. The highest BCUT2D eigenvalue weighted by Gasteiger charge is 2.36. The molecule has 9 heteroatoms. The molecule has 0 heterocycles. The fourth-order valence-corrected chi connectivity index (χ4v) is 3.30. The summed E-state index contributed by atoms with van der Waals surface area (Å²) in [6.07, 6.45) is 0.746. The lowest BCUT2D eigenvalue weighted by molar-refractivity contribution is -0.142. The zero-order valence-corrected chi connectivity index (χ0v) is 21.5. The van der Waals surface area contributed by atoms with Crippen molar-refractivity contribution in [2.45, 2.75) is 71.7 Å². The van der Waals surface area contributed by atoms with Crippen molar-refractivity contribution >= 4 is 30.5 Å². The van der Waals surface area contributed by atoms with E-state index in [1.165, 1.54) is 17.0 Å². The molecule has 0 aromatic heterocycles. The maximum atomic E-state index is 13.5. The predicted molar refractivity (Wildman–Crippen MR) is 132 cm³/mol. The van der Waals surface area contributed by atoms with E-state index in [1.54, 1.807) is 39.8 Å². The third-order valence-corrected chi connectivity index (χ3v) is 4.74. The van der Waals surface area contributed by atoms with Crippen LogP contribution in [0.5, 0.6) is 5.75 Å². The third-order valence-electron chi connectivity index (χ3n) is 4.38. The molecule has 2 atom stereocenters. The van der Waals surface area contributed by atoms with Gasteiger partial charge in [0.25, 0.3) is 0 Å². The summed E-state index contributed by atoms with van der Waals surface area (Å²) in [7, 11) is 0. The van der Waals surface area contributed by atoms with Gasteiger partial charge in [0, 0.05) is 17.8 Å². The van der Waals surface area contributed by atoms with Crippen LogP contribution in [0.3, 0.4) is 0 Å². The summed E-state index contributed by atoms with van der Waals surface area (Å²) in [5.74, 6) is -0.850. The normalized spacial score (nSPS) is 13.5. The standard InChI is InChI=1S/C24H37N3O5S/c1-9-12-27(21(30)17(14-33)25-22(31)32-24(6,7)8)19(20(29)26-23(3,4)5)16-10-11-18(28)15(2)13-16/h9-11,13,17,19,28,33H,1,12,14H2,2-8H3,(H,25,31)(H,26,29). The first-order valence-corrected chi connectivity index (χ1v) is 11.4. The van der Waals surface area contributed by atoms with Gasteiger partial charge in [-0.05, 0) is 71.7 Å². The Morgan fingerprint density at radius 1 is 1.21 bits per heavy atom. The number of benzene rings is 1. The molecule has 184 valence electrons. The monoisotopic (exact) mass is 479 g/mol. The van der Waals surface area contributed by atoms with Gasteiger partial charge in [0.1, 0.15) is 23.4 Å². The van der Waals surface area contributed by atoms with E-state index in [4.69, 9.17) is 4.74 Å². The molecule has 3 amide bonds. The largest absolute Gasteiger partial charge is 0.508 e. The maximum Gasteiger partial charge on any atom is 0.408 e. The van der Waals surface area contributed by atoms with Gasteiger partial charge in [-0.2, -0.15) is 12.6 Å². The van der Waals surface area contributed by atoms with E-state index in [0.717, 1.165) is 0 Å². The van der Waals surface area contributed by atoms with Gasteiger partial charge in [-0.3, -0.25) is 9.59 Å². The van der Waals surface area contributed by atoms with Crippen molar-refractivity contribution in [1.29, 1.82) is 0 Å². The number of ether oxygens (including phenoxy) is 1. The van der Waals surface area contributed by atoms with Crippen LogP contribution >= 0.6 is 12.6 Å². The Bertz CT molecular complexity index is 874. The zero-order chi connectivity index (χ0) is 25.6. The number of nitrogens with zero attached hydrogens (tertiary/aromatic N) is 1. The number of alkyl carbamates (subject to hydrolysis) is 1. The first kappa shape index (κ1) is 28.4. The van der Waals surface area contributed by atoms with E-state index >= 15 is 0 Å². The quantitative estimate of drug-likeness (QED) is 0.337. The molecule has 0 aliphatic carbocycles. The van der Waals surface area contributed by atoms with Gasteiger partial charge in [-0.15, -0.1) is 6.58 Å². The van der Waals surface area contributed by atoms with Crippen LogP contribution in [-0.2, 0) is 14.3 Å². The molecule has 3 N–H and O–H groups in total. The Balaban J connectivity index is 3.42. The number of hydrogen-bond acceptors (Lipinski definition) is 6. The average molecular weight is 480 g/mol. The van der Waals surface area contributed by atoms with Gasteiger partial charge in [0.05, 0.1) is 0 Å². The number of aromatic hydroxyl groups is 1. The van der Waals surface area contributed by atoms with E-state index < -0.39 is 41.1 Å². The Hall–Kier alpha value is -2.68. The minimum atomic E-state index is -1.04. The highest BCUT2D eigenvalue weighted by atomic mass is 32.1. The maximum absolute atomic E-state index is 13.5. The molecular formula is C24H37N3O5S. The number of phenols is 1. The fourth-order valence-electron chi connectivity index (χ4n) is 3.06. The summed E-state index contributed by atoms with van der Waals surface area (Å²) in [6, 6.07) is 2.66. The van der Waals surface area contributed by atoms with Crippen LogP contribution in [0.1, 0.15) is 58.7 Å². The summed E-state index contributed by atoms with van der Waals surface area (Å²) >= 11 is 4.23. The number of rotatable bonds is 8. The lowest BCUT2D eigenvalue weighted by Gasteiger charge is -2.35. The van der Waals surface area contributed by atoms with Gasteiger partial charge in [-0.25, -0.2) is 4.79 Å². The fraction of sp³-hybridized carbons (Fsp3) is 0.542. The lowest BCUT2D eigenvalue weighted by Crippen LogP contribution is -2.55. The van der Waals surface area contributed by atoms with Gasteiger partial charge in [0.2, 0.25) is 11.8 Å². The Labute approximate surface area is 202 Å². The van der Waals surface area contributed by atoms with Crippen LogP contribution in [0.25, 0.3) is 0 Å². The molecule has 8 nitrogen and oxygen atoms in total. The molecule has 0 bridgehead atoms. The Morgan fingerprint density at radius 3 is 2.27 bits per heavy atom. The van der Waals surface area contributed by atoms with E-state index in [9.17, 15) is 19.5 Å². The van der Waals surface area contributed by atoms with Crippen LogP contribution in [0, 0.1) is 6.92 Å². The molecule has 2 unspecified atom stereocenters. The summed E-state index contributed by atoms with van der Waals surface area (Å²) in [4.78, 5) is 40.5. The first-order chi connectivity index (χ1) is 15.1. The Morgan fingerprint density at radius 2 is 1.82 bits per heavy atom. The summed E-state index contributed by atoms with van der Waals surface area (Å²) in [5, 5.41) is 15.4. The van der Waals surface area contributed by atoms with Crippen molar-refractivity contribution in [2.75, 3.05) is 12.3 Å². The van der Waals surface area contributed by atoms with Crippen LogP contribution in [0.4, 0.5) is 4.79 Å². The van der Waals surface area contributed by atoms with E-state index in [0.29, 0.717) is 11.1 Å². The molecule has 1 aromatic rings. The third kappa shape index (κ3) is 9.00. The second-order valence-corrected chi connectivity index (χ2v) is 10.2. The average Bonchev–Trinajstić information content (AvgIpc) is 2.65. The van der Waals surface area contributed by atoms with Crippen LogP contribution in [-0.4, -0.2) is 57.4 Å². The second-order valence-electron chi connectivity index (χ2n) is 9.85. The minimum absolute atomic E-state index is 0.00602. The predicted octanol–water partition coefficient (Wildman–Crippen LogP) is 3.49. The first-order valence-electron chi connectivity index (χ1n) is 10.7. The van der Waals surface area contributed by atoms with Crippen molar-refractivity contribution in [3.8, 4) is 5.75 Å². The highest BCUT2D eigenvalue weighted by molar-refractivity contribution is 7.80. The van der Waals surface area contributed by atoms with Crippen LogP contribution in [0.2, 0.25) is 0 Å². The number of phenolic OH excluding ortho intramolecular Hbond substituents is 1. The van der Waals surface area contributed by atoms with Crippen LogP contribution < -0.4 is 10.6 Å². The number of thiol groups is 1. The number of carbonyl (C=O) groups excluding carboxylic acids is 3. The number of carbonyl (C=O) groups is 3. The molecule has 0 aliphatic heterocycles. The molecule has 0 spiro atoms. The van der Waals surface area contributed by atoms with E-state index in [2.05, 4.69) is 29.8 Å². The summed E-state index contributed by atoms with van der Waals surface area (Å²) < 4.78 is 5.27. The van der Waals surface area contributed by atoms with Gasteiger partial charge in [0.15, 0.2) is 0 Å². The van der Waals surface area contributed by atoms with Crippen molar-refractivity contribution in [2.24, 2.45) is 0 Å². The molecule has 1 rings (SSSR count). The van der Waals surface area contributed by atoms with Crippen molar-refractivity contribution in [1.82, 2.24) is 15.5 Å². The number of amides is 3. The van der Waals surface area contributed by atoms with Crippen molar-refractivity contribution in [3.63, 3.8) is 0 Å². The van der Waals surface area contributed by atoms with Gasteiger partial charge < -0.3 is 25.4 Å². The molecule has 1 aromatic carbocycles. The molecule has 0 aliphatic rings. The molecule has 0 fully saturated rings. The molecular weight excluding hydrogens is 442 g/mol. The molecule has 0 radical (unpaired) electrons. The van der Waals surface area contributed by atoms with Crippen molar-refractivity contribution < 1.29 is 24.2 Å². The minimum Gasteiger partial charge on any atom is -0.508 e. The van der Waals surface area contributed by atoms with Crippen LogP contribution in [0.15, 0.2) is 30.9 Å². The number of nitrogens with one attached hydrogen (secondary N) is 2. The number of hydrogen-bond donors (Lipinski definition) is 4. The van der Waals surface area contributed by atoms with Gasteiger partial charge in [-0.1, -0.05) is 12.1 Å². The number of aryl methyl sites for hydroxylation is 1. The summed E-state index contributed by atoms with van der Waals surface area (Å²) in [6.45, 7) is 16.1. The molecule has 33 heavy (non-hydrogen) atoms. The highest BCUT2D eigenvalue weighted by Crippen LogP contribution is 2.27. The van der Waals surface area contributed by atoms with E-state index in [-0.39, 0.29) is 18.0 Å². The zero-order valence-electron chi connectivity index (χ0n) is 20.6. The Kier molecular flexibility index (Phi) is 9.84. The van der Waals surface area contributed by atoms with Gasteiger partial charge >= 0.3 is 6.09 Å². The van der Waals surface area contributed by atoms with E-state index in [1.807, 2.05) is 20.8 Å². The topological polar surface area (TPSA) is 108 Å². The lowest BCUT2D eigenvalue weighted by atomic mass is 9.99.